The first kappa shape index (κ1) is 16.6. The van der Waals surface area contributed by atoms with E-state index < -0.39 is 0 Å². The second kappa shape index (κ2) is 8.59. The quantitative estimate of drug-likeness (QED) is 0.805. The molecule has 0 saturated carbocycles. The van der Waals surface area contributed by atoms with Gasteiger partial charge in [-0.3, -0.25) is 4.79 Å². The van der Waals surface area contributed by atoms with E-state index in [1.54, 1.807) is 18.4 Å². The van der Waals surface area contributed by atoms with E-state index in [4.69, 9.17) is 4.74 Å². The lowest BCUT2D eigenvalue weighted by atomic mass is 10.1. The Kier molecular flexibility index (Phi) is 6.46. The largest absolute Gasteiger partial charge is 0.496 e. The Morgan fingerprint density at radius 2 is 2.14 bits per heavy atom. The van der Waals surface area contributed by atoms with Gasteiger partial charge < -0.3 is 10.1 Å². The van der Waals surface area contributed by atoms with E-state index in [1.165, 1.54) is 10.4 Å². The van der Waals surface area contributed by atoms with Crippen LogP contribution in [0.5, 0.6) is 5.75 Å². The van der Waals surface area contributed by atoms with Crippen LogP contribution in [-0.2, 0) is 17.6 Å². The molecule has 3 nitrogen and oxygen atoms in total. The molecule has 0 aliphatic heterocycles. The lowest BCUT2D eigenvalue weighted by molar-refractivity contribution is -0.121. The first-order chi connectivity index (χ1) is 10.7. The van der Waals surface area contributed by atoms with Crippen LogP contribution in [0, 0.1) is 6.92 Å². The summed E-state index contributed by atoms with van der Waals surface area (Å²) in [6, 6.07) is 10.3. The summed E-state index contributed by atoms with van der Waals surface area (Å²) in [4.78, 5) is 13.2. The Labute approximate surface area is 136 Å². The second-order valence-electron chi connectivity index (χ2n) is 5.35. The molecule has 0 bridgehead atoms. The number of benzene rings is 1. The number of hydrogen-bond acceptors (Lipinski definition) is 3. The Bertz CT molecular complexity index is 593. The molecule has 0 aliphatic rings. The third-order valence-electron chi connectivity index (χ3n) is 3.56. The summed E-state index contributed by atoms with van der Waals surface area (Å²) in [6.45, 7) is 2.71. The van der Waals surface area contributed by atoms with Crippen LogP contribution < -0.4 is 10.1 Å². The molecule has 2 rings (SSSR count). The number of aryl methyl sites for hydroxylation is 2. The van der Waals surface area contributed by atoms with Crippen molar-refractivity contribution >= 4 is 17.2 Å². The van der Waals surface area contributed by atoms with Gasteiger partial charge in [-0.25, -0.2) is 0 Å². The maximum absolute atomic E-state index is 11.8. The van der Waals surface area contributed by atoms with Crippen LogP contribution in [0.25, 0.3) is 0 Å². The number of rotatable bonds is 8. The van der Waals surface area contributed by atoms with Crippen molar-refractivity contribution in [2.24, 2.45) is 0 Å². The Balaban J connectivity index is 1.69. The summed E-state index contributed by atoms with van der Waals surface area (Å²) >= 11 is 1.75. The smallest absolute Gasteiger partial charge is 0.220 e. The molecule has 0 fully saturated rings. The van der Waals surface area contributed by atoms with Crippen LogP contribution in [0.3, 0.4) is 0 Å². The van der Waals surface area contributed by atoms with Gasteiger partial charge in [0.2, 0.25) is 5.91 Å². The Hall–Kier alpha value is -1.81. The summed E-state index contributed by atoms with van der Waals surface area (Å²) in [5, 5.41) is 5.06. The molecular formula is C18H23NO2S. The van der Waals surface area contributed by atoms with Crippen LogP contribution in [0.15, 0.2) is 35.7 Å². The molecule has 4 heteroatoms. The molecule has 0 unspecified atom stereocenters. The lowest BCUT2D eigenvalue weighted by Gasteiger charge is -2.10. The fourth-order valence-corrected chi connectivity index (χ4v) is 3.16. The zero-order chi connectivity index (χ0) is 15.8. The maximum Gasteiger partial charge on any atom is 0.220 e. The van der Waals surface area contributed by atoms with Gasteiger partial charge in [0.15, 0.2) is 0 Å². The highest BCUT2D eigenvalue weighted by molar-refractivity contribution is 7.09. The van der Waals surface area contributed by atoms with E-state index >= 15 is 0 Å². The van der Waals surface area contributed by atoms with Crippen molar-refractivity contribution in [3.05, 3.63) is 51.7 Å². The average molecular weight is 317 g/mol. The van der Waals surface area contributed by atoms with E-state index in [0.29, 0.717) is 13.0 Å². The number of amides is 1. The Morgan fingerprint density at radius 1 is 1.27 bits per heavy atom. The molecule has 0 radical (unpaired) electrons. The second-order valence-corrected chi connectivity index (χ2v) is 6.38. The summed E-state index contributed by atoms with van der Waals surface area (Å²) in [5.41, 5.74) is 2.35. The number of nitrogens with one attached hydrogen (secondary N) is 1. The highest BCUT2D eigenvalue weighted by Gasteiger charge is 2.05. The summed E-state index contributed by atoms with van der Waals surface area (Å²) < 4.78 is 5.35. The number of carbonyl (C=O) groups excluding carboxylic acids is 1. The molecule has 1 aromatic carbocycles. The molecule has 1 heterocycles. The lowest BCUT2D eigenvalue weighted by Crippen LogP contribution is -2.25. The summed E-state index contributed by atoms with van der Waals surface area (Å²) in [6.07, 6.45) is 3.27. The van der Waals surface area contributed by atoms with E-state index in [0.717, 1.165) is 30.6 Å². The fourth-order valence-electron chi connectivity index (χ4n) is 2.41. The van der Waals surface area contributed by atoms with E-state index in [1.807, 2.05) is 12.1 Å². The van der Waals surface area contributed by atoms with E-state index in [-0.39, 0.29) is 5.91 Å². The summed E-state index contributed by atoms with van der Waals surface area (Å²) in [7, 11) is 1.68. The van der Waals surface area contributed by atoms with E-state index in [2.05, 4.69) is 35.8 Å². The molecule has 1 amide bonds. The van der Waals surface area contributed by atoms with Gasteiger partial charge >= 0.3 is 0 Å². The number of thiophene rings is 1. The van der Waals surface area contributed by atoms with Gasteiger partial charge in [0.1, 0.15) is 5.75 Å². The van der Waals surface area contributed by atoms with Crippen LogP contribution in [0.2, 0.25) is 0 Å². The normalized spacial score (nSPS) is 10.5. The predicted octanol–water partition coefficient (Wildman–Crippen LogP) is 3.75. The molecule has 22 heavy (non-hydrogen) atoms. The van der Waals surface area contributed by atoms with Crippen molar-refractivity contribution in [3.63, 3.8) is 0 Å². The van der Waals surface area contributed by atoms with Crippen LogP contribution in [0.4, 0.5) is 0 Å². The zero-order valence-electron chi connectivity index (χ0n) is 13.2. The Morgan fingerprint density at radius 3 is 2.86 bits per heavy atom. The molecule has 1 N–H and O–H groups in total. The van der Waals surface area contributed by atoms with Crippen LogP contribution in [-0.4, -0.2) is 19.6 Å². The molecule has 118 valence electrons. The number of ether oxygens (including phenoxy) is 1. The minimum Gasteiger partial charge on any atom is -0.496 e. The molecule has 0 aliphatic carbocycles. The minimum atomic E-state index is 0.128. The van der Waals surface area contributed by atoms with E-state index in [9.17, 15) is 4.79 Å². The van der Waals surface area contributed by atoms with Gasteiger partial charge in [-0.1, -0.05) is 23.8 Å². The van der Waals surface area contributed by atoms with Crippen LogP contribution in [0.1, 0.15) is 28.8 Å². The van der Waals surface area contributed by atoms with Crippen molar-refractivity contribution in [1.29, 1.82) is 0 Å². The monoisotopic (exact) mass is 317 g/mol. The third-order valence-corrected chi connectivity index (χ3v) is 4.50. The molecule has 0 spiro atoms. The molecule has 2 aromatic rings. The predicted molar refractivity (Wildman–Crippen MR) is 91.7 cm³/mol. The zero-order valence-corrected chi connectivity index (χ0v) is 14.0. The van der Waals surface area contributed by atoms with Gasteiger partial charge in [0, 0.05) is 17.8 Å². The van der Waals surface area contributed by atoms with Gasteiger partial charge in [0.05, 0.1) is 7.11 Å². The standard InChI is InChI=1S/C18H23NO2S/c1-14-8-9-17(21-2)15(13-14)10-11-19-18(20)7-3-5-16-6-4-12-22-16/h4,6,8-9,12-13H,3,5,7,10-11H2,1-2H3,(H,19,20). The average Bonchev–Trinajstić information content (AvgIpc) is 3.01. The van der Waals surface area contributed by atoms with Gasteiger partial charge in [-0.2, -0.15) is 0 Å². The molecule has 0 saturated heterocycles. The van der Waals surface area contributed by atoms with Gasteiger partial charge in [-0.05, 0) is 49.3 Å². The van der Waals surface area contributed by atoms with Crippen molar-refractivity contribution in [2.75, 3.05) is 13.7 Å². The van der Waals surface area contributed by atoms with Crippen molar-refractivity contribution in [1.82, 2.24) is 5.32 Å². The first-order valence-corrected chi connectivity index (χ1v) is 8.49. The first-order valence-electron chi connectivity index (χ1n) is 7.61. The number of methoxy groups -OCH3 is 1. The fraction of sp³-hybridized carbons (Fsp3) is 0.389. The molecule has 1 aromatic heterocycles. The number of carbonyl (C=O) groups is 1. The van der Waals surface area contributed by atoms with Crippen LogP contribution >= 0.6 is 11.3 Å². The minimum absolute atomic E-state index is 0.128. The van der Waals surface area contributed by atoms with Crippen molar-refractivity contribution in [2.45, 2.75) is 32.6 Å². The SMILES string of the molecule is COc1ccc(C)cc1CCNC(=O)CCCc1cccs1. The highest BCUT2D eigenvalue weighted by atomic mass is 32.1. The molecule has 0 atom stereocenters. The van der Waals surface area contributed by atoms with Crippen molar-refractivity contribution in [3.8, 4) is 5.75 Å². The highest BCUT2D eigenvalue weighted by Crippen LogP contribution is 2.19. The topological polar surface area (TPSA) is 38.3 Å². The summed E-state index contributed by atoms with van der Waals surface area (Å²) in [5.74, 6) is 1.01. The van der Waals surface area contributed by atoms with Gasteiger partial charge in [-0.15, -0.1) is 11.3 Å². The van der Waals surface area contributed by atoms with Crippen molar-refractivity contribution < 1.29 is 9.53 Å². The number of hydrogen-bond donors (Lipinski definition) is 1. The maximum atomic E-state index is 11.8. The molecular weight excluding hydrogens is 294 g/mol. The third kappa shape index (κ3) is 5.19. The van der Waals surface area contributed by atoms with Gasteiger partial charge in [0.25, 0.3) is 0 Å².